The third-order valence-electron chi connectivity index (χ3n) is 2.84. The van der Waals surface area contributed by atoms with E-state index in [1.807, 2.05) is 6.92 Å². The molecule has 0 unspecified atom stereocenters. The minimum atomic E-state index is -0.437. The van der Waals surface area contributed by atoms with Crippen LogP contribution in [0.25, 0.3) is 0 Å². The van der Waals surface area contributed by atoms with Gasteiger partial charge in [-0.05, 0) is 12.8 Å². The van der Waals surface area contributed by atoms with E-state index in [-0.39, 0.29) is 17.4 Å². The van der Waals surface area contributed by atoms with E-state index in [9.17, 15) is 14.9 Å². The van der Waals surface area contributed by atoms with Crippen molar-refractivity contribution in [2.24, 2.45) is 11.3 Å². The van der Waals surface area contributed by atoms with Crippen LogP contribution in [0.4, 0.5) is 0 Å². The van der Waals surface area contributed by atoms with E-state index < -0.39 is 5.41 Å². The Balaban J connectivity index is 2.63. The number of rotatable bonds is 3. The molecule has 4 nitrogen and oxygen atoms in total. The molecule has 0 saturated heterocycles. The summed E-state index contributed by atoms with van der Waals surface area (Å²) in [6.07, 6.45) is 3.44. The van der Waals surface area contributed by atoms with Crippen LogP contribution in [-0.2, 0) is 4.79 Å². The van der Waals surface area contributed by atoms with Gasteiger partial charge in [0.05, 0.1) is 0 Å². The van der Waals surface area contributed by atoms with Gasteiger partial charge in [-0.3, -0.25) is 10.1 Å². The summed E-state index contributed by atoms with van der Waals surface area (Å²) in [5.74, 6) is -0.0509. The lowest BCUT2D eigenvalue weighted by molar-refractivity contribution is -0.490. The quantitative estimate of drug-likeness (QED) is 0.365. The average Bonchev–Trinajstić information content (AvgIpc) is 2.33. The molecule has 0 aromatic rings. The molecule has 1 rings (SSSR count). The van der Waals surface area contributed by atoms with Crippen LogP contribution in [0.15, 0.2) is 0 Å². The summed E-state index contributed by atoms with van der Waals surface area (Å²) in [4.78, 5) is 20.6. The number of hydrogen-bond acceptors (Lipinski definition) is 3. The van der Waals surface area contributed by atoms with E-state index in [0.717, 1.165) is 25.5 Å². The zero-order valence-electron chi connectivity index (χ0n) is 7.16. The van der Waals surface area contributed by atoms with Gasteiger partial charge in [-0.2, -0.15) is 0 Å². The van der Waals surface area contributed by atoms with Crippen molar-refractivity contribution in [2.75, 3.05) is 6.54 Å². The summed E-state index contributed by atoms with van der Waals surface area (Å²) in [6.45, 7) is 1.76. The summed E-state index contributed by atoms with van der Waals surface area (Å²) in [5, 5.41) is 10.2. The average molecular weight is 171 g/mol. The molecule has 0 aliphatic heterocycles. The van der Waals surface area contributed by atoms with Gasteiger partial charge in [0.2, 0.25) is 6.54 Å². The third-order valence-corrected chi connectivity index (χ3v) is 2.84. The summed E-state index contributed by atoms with van der Waals surface area (Å²) in [5.41, 5.74) is -0.437. The van der Waals surface area contributed by atoms with Gasteiger partial charge in [-0.1, -0.05) is 13.3 Å². The van der Waals surface area contributed by atoms with Crippen LogP contribution >= 0.6 is 0 Å². The monoisotopic (exact) mass is 171 g/mol. The molecular formula is C8H13NO3. The van der Waals surface area contributed by atoms with Crippen LogP contribution < -0.4 is 0 Å². The number of aldehydes is 1. The first kappa shape index (κ1) is 9.16. The maximum atomic E-state index is 10.7. The van der Waals surface area contributed by atoms with Gasteiger partial charge in [0.15, 0.2) is 0 Å². The largest absolute Gasteiger partial charge is 0.303 e. The fourth-order valence-corrected chi connectivity index (χ4v) is 1.90. The van der Waals surface area contributed by atoms with Crippen molar-refractivity contribution in [2.45, 2.75) is 26.2 Å². The SMILES string of the molecule is C[C@]1(C=O)CCC[C@@H]1C[N+](=O)[O-]. The summed E-state index contributed by atoms with van der Waals surface area (Å²) in [7, 11) is 0. The van der Waals surface area contributed by atoms with Crippen molar-refractivity contribution in [1.29, 1.82) is 0 Å². The minimum absolute atomic E-state index is 0.0509. The Morgan fingerprint density at radius 2 is 2.42 bits per heavy atom. The molecule has 0 amide bonds. The van der Waals surface area contributed by atoms with Crippen molar-refractivity contribution >= 4 is 6.29 Å². The fourth-order valence-electron chi connectivity index (χ4n) is 1.90. The third kappa shape index (κ3) is 1.62. The Hall–Kier alpha value is -0.930. The highest BCUT2D eigenvalue weighted by Crippen LogP contribution is 2.41. The van der Waals surface area contributed by atoms with Crippen LogP contribution in [0.1, 0.15) is 26.2 Å². The second kappa shape index (κ2) is 3.21. The zero-order chi connectivity index (χ0) is 9.19. The lowest BCUT2D eigenvalue weighted by Gasteiger charge is -2.21. The van der Waals surface area contributed by atoms with Crippen LogP contribution in [0, 0.1) is 21.4 Å². The molecule has 0 heterocycles. The number of carbonyl (C=O) groups is 1. The predicted octanol–water partition coefficient (Wildman–Crippen LogP) is 1.27. The van der Waals surface area contributed by atoms with E-state index >= 15 is 0 Å². The maximum absolute atomic E-state index is 10.7. The molecule has 0 bridgehead atoms. The number of nitro groups is 1. The zero-order valence-corrected chi connectivity index (χ0v) is 7.16. The van der Waals surface area contributed by atoms with Crippen molar-refractivity contribution < 1.29 is 9.72 Å². The minimum Gasteiger partial charge on any atom is -0.303 e. The summed E-state index contributed by atoms with van der Waals surface area (Å²) < 4.78 is 0. The molecule has 1 saturated carbocycles. The van der Waals surface area contributed by atoms with Gasteiger partial charge < -0.3 is 4.79 Å². The van der Waals surface area contributed by atoms with Crippen molar-refractivity contribution in [3.63, 3.8) is 0 Å². The molecule has 0 radical (unpaired) electrons. The van der Waals surface area contributed by atoms with E-state index in [1.54, 1.807) is 0 Å². The van der Waals surface area contributed by atoms with Gasteiger partial charge in [0.25, 0.3) is 0 Å². The highest BCUT2D eigenvalue weighted by Gasteiger charge is 2.41. The molecule has 0 aromatic carbocycles. The summed E-state index contributed by atoms with van der Waals surface area (Å²) in [6, 6.07) is 0. The Bertz CT molecular complexity index is 204. The molecule has 12 heavy (non-hydrogen) atoms. The van der Waals surface area contributed by atoms with Crippen molar-refractivity contribution in [3.8, 4) is 0 Å². The number of hydrogen-bond donors (Lipinski definition) is 0. The van der Waals surface area contributed by atoms with Crippen LogP contribution in [0.2, 0.25) is 0 Å². The smallest absolute Gasteiger partial charge is 0.207 e. The molecule has 1 aliphatic carbocycles. The van der Waals surface area contributed by atoms with Gasteiger partial charge in [-0.25, -0.2) is 0 Å². The lowest BCUT2D eigenvalue weighted by Crippen LogP contribution is -2.28. The van der Waals surface area contributed by atoms with E-state index in [4.69, 9.17) is 0 Å². The molecule has 1 fully saturated rings. The molecule has 0 aromatic heterocycles. The summed E-state index contributed by atoms with van der Waals surface area (Å²) >= 11 is 0. The van der Waals surface area contributed by atoms with Crippen molar-refractivity contribution in [3.05, 3.63) is 10.1 Å². The molecule has 0 N–H and O–H groups in total. The van der Waals surface area contributed by atoms with E-state index in [1.165, 1.54) is 0 Å². The Morgan fingerprint density at radius 3 is 2.92 bits per heavy atom. The van der Waals surface area contributed by atoms with Crippen LogP contribution in [0.3, 0.4) is 0 Å². The Morgan fingerprint density at radius 1 is 1.75 bits per heavy atom. The van der Waals surface area contributed by atoms with Gasteiger partial charge in [0.1, 0.15) is 6.29 Å². The molecular weight excluding hydrogens is 158 g/mol. The highest BCUT2D eigenvalue weighted by molar-refractivity contribution is 5.59. The second-order valence-electron chi connectivity index (χ2n) is 3.73. The van der Waals surface area contributed by atoms with Crippen molar-refractivity contribution in [1.82, 2.24) is 0 Å². The highest BCUT2D eigenvalue weighted by atomic mass is 16.6. The molecule has 68 valence electrons. The first-order valence-corrected chi connectivity index (χ1v) is 4.16. The van der Waals surface area contributed by atoms with Gasteiger partial charge >= 0.3 is 0 Å². The molecule has 1 aliphatic rings. The van der Waals surface area contributed by atoms with E-state index in [0.29, 0.717) is 0 Å². The Kier molecular flexibility index (Phi) is 2.45. The Labute approximate surface area is 71.1 Å². The fraction of sp³-hybridized carbons (Fsp3) is 0.875. The maximum Gasteiger partial charge on any atom is 0.207 e. The first-order chi connectivity index (χ1) is 5.58. The topological polar surface area (TPSA) is 60.2 Å². The normalized spacial score (nSPS) is 34.9. The first-order valence-electron chi connectivity index (χ1n) is 4.16. The van der Waals surface area contributed by atoms with Crippen LogP contribution in [0.5, 0.6) is 0 Å². The molecule has 0 spiro atoms. The molecule has 4 heteroatoms. The van der Waals surface area contributed by atoms with Crippen LogP contribution in [-0.4, -0.2) is 17.8 Å². The van der Waals surface area contributed by atoms with E-state index in [2.05, 4.69) is 0 Å². The number of nitrogens with zero attached hydrogens (tertiary/aromatic N) is 1. The van der Waals surface area contributed by atoms with Gasteiger partial charge in [-0.15, -0.1) is 0 Å². The lowest BCUT2D eigenvalue weighted by atomic mass is 9.81. The number of carbonyl (C=O) groups excluding carboxylic acids is 1. The second-order valence-corrected chi connectivity index (χ2v) is 3.73. The van der Waals surface area contributed by atoms with Gasteiger partial charge in [0, 0.05) is 16.3 Å². The standard InChI is InChI=1S/C8H13NO3/c1-8(6-10)4-2-3-7(8)5-9(11)12/h6-7H,2-5H2,1H3/t7-,8-/m1/s1. The molecule has 2 atom stereocenters. The predicted molar refractivity (Wildman–Crippen MR) is 43.4 cm³/mol.